The van der Waals surface area contributed by atoms with Crippen molar-refractivity contribution >= 4 is 51.0 Å². The smallest absolute Gasteiger partial charge is 0.395 e. The van der Waals surface area contributed by atoms with Crippen molar-refractivity contribution in [2.24, 2.45) is 5.92 Å². The molecule has 1 aliphatic rings. The van der Waals surface area contributed by atoms with Crippen LogP contribution in [0.4, 0.5) is 0 Å². The monoisotopic (exact) mass is 956 g/mol. The third kappa shape index (κ3) is 23.9. The summed E-state index contributed by atoms with van der Waals surface area (Å²) in [7, 11) is -9.29. The highest BCUT2D eigenvalue weighted by molar-refractivity contribution is 7.99. The maximum Gasteiger partial charge on any atom is 0.472 e. The summed E-state index contributed by atoms with van der Waals surface area (Å²) in [5, 5.41) is 41.8. The molecule has 0 saturated carbocycles. The van der Waals surface area contributed by atoms with Crippen molar-refractivity contribution < 1.29 is 90.8 Å². The number of ether oxygens (including phenoxy) is 3. The standard InChI is InChI=1S/C36H70N4O19P2S/c1-6-9-30(44)38(11-17-41)13-19-55-60(49,50)57-21-15-40(32(46)24-27(4)7-2)16-22-58-61(51,52)56-20-14-39(12-18-53-8-3)31(45)10-23-62-26-54-36-33(37-28(5)43)35(48)34(47)29(25-42)59-36/h27,29,33-36,41-42,47-48H,6-26H2,1-5H3,(H,37,43)(H,49,50)(H,51,52). The molecule has 62 heavy (non-hydrogen) atoms. The van der Waals surface area contributed by atoms with Crippen molar-refractivity contribution in [2.45, 2.75) is 97.4 Å². The number of phosphoric acid groups is 2. The number of thioether (sulfide) groups is 1. The Bertz CT molecular complexity index is 1410. The molecule has 7 N–H and O–H groups in total. The van der Waals surface area contributed by atoms with E-state index in [-0.39, 0.29) is 114 Å². The van der Waals surface area contributed by atoms with Crippen LogP contribution in [-0.2, 0) is 60.6 Å². The molecule has 0 bridgehead atoms. The largest absolute Gasteiger partial charge is 0.472 e. The molecule has 8 unspecified atom stereocenters. The van der Waals surface area contributed by atoms with Gasteiger partial charge in [0.2, 0.25) is 23.6 Å². The van der Waals surface area contributed by atoms with Crippen LogP contribution in [0.25, 0.3) is 0 Å². The maximum atomic E-state index is 13.1. The second kappa shape index (κ2) is 31.9. The van der Waals surface area contributed by atoms with Crippen molar-refractivity contribution in [1.29, 1.82) is 0 Å². The first-order chi connectivity index (χ1) is 29.3. The van der Waals surface area contributed by atoms with Crippen LogP contribution in [0.2, 0.25) is 0 Å². The van der Waals surface area contributed by atoms with Gasteiger partial charge in [0.15, 0.2) is 6.29 Å². The molecule has 1 heterocycles. The lowest BCUT2D eigenvalue weighted by Crippen LogP contribution is -2.64. The molecule has 0 aliphatic carbocycles. The first-order valence-corrected chi connectivity index (χ1v) is 24.8. The molecular weight excluding hydrogens is 886 g/mol. The van der Waals surface area contributed by atoms with Crippen LogP contribution in [0.1, 0.15) is 66.7 Å². The van der Waals surface area contributed by atoms with Gasteiger partial charge in [-0.15, -0.1) is 11.8 Å². The number of carbonyl (C=O) groups is 4. The van der Waals surface area contributed by atoms with Crippen molar-refractivity contribution in [3.8, 4) is 0 Å². The van der Waals surface area contributed by atoms with Gasteiger partial charge in [0.25, 0.3) is 0 Å². The molecule has 1 fully saturated rings. The fourth-order valence-corrected chi connectivity index (χ4v) is 7.78. The van der Waals surface area contributed by atoms with Gasteiger partial charge in [-0.05, 0) is 19.3 Å². The number of carbonyl (C=O) groups excluding carboxylic acids is 4. The highest BCUT2D eigenvalue weighted by Crippen LogP contribution is 2.44. The lowest BCUT2D eigenvalue weighted by Gasteiger charge is -2.42. The van der Waals surface area contributed by atoms with E-state index in [1.807, 2.05) is 20.8 Å². The molecular formula is C36H70N4O19P2S. The van der Waals surface area contributed by atoms with Crippen molar-refractivity contribution in [3.63, 3.8) is 0 Å². The molecule has 364 valence electrons. The van der Waals surface area contributed by atoms with Gasteiger partial charge in [-0.1, -0.05) is 27.2 Å². The zero-order valence-electron chi connectivity index (χ0n) is 36.4. The second-order valence-electron chi connectivity index (χ2n) is 14.2. The van der Waals surface area contributed by atoms with E-state index in [2.05, 4.69) is 5.32 Å². The normalized spacial score (nSPS) is 21.4. The first-order valence-electron chi connectivity index (χ1n) is 20.7. The summed E-state index contributed by atoms with van der Waals surface area (Å²) < 4.78 is 62.1. The number of hydrogen-bond acceptors (Lipinski definition) is 18. The molecule has 8 atom stereocenters. The minimum absolute atomic E-state index is 0.00426. The lowest BCUT2D eigenvalue weighted by molar-refractivity contribution is -0.264. The summed E-state index contributed by atoms with van der Waals surface area (Å²) in [6.45, 7) is 6.24. The van der Waals surface area contributed by atoms with Gasteiger partial charge in [0.1, 0.15) is 24.4 Å². The van der Waals surface area contributed by atoms with Gasteiger partial charge in [0, 0.05) is 77.8 Å². The SMILES string of the molecule is CCCC(=O)N(CCO)CCOP(=O)(O)OCCN(CCOP(=O)(O)OCCN(CCOCC)C(=O)CCSCOC1OC(CO)C(O)C(O)C1NC(C)=O)C(=O)CC(C)CC. The number of phosphoric ester groups is 2. The Morgan fingerprint density at radius 1 is 0.758 bits per heavy atom. The van der Waals surface area contributed by atoms with E-state index in [0.29, 0.717) is 19.4 Å². The molecule has 0 aromatic heterocycles. The fourth-order valence-electron chi connectivity index (χ4n) is 5.71. The molecule has 0 aromatic carbocycles. The summed E-state index contributed by atoms with van der Waals surface area (Å²) in [5.74, 6) is -1.23. The topological polar surface area (TPSA) is 310 Å². The van der Waals surface area contributed by atoms with E-state index in [1.54, 1.807) is 6.92 Å². The second-order valence-corrected chi connectivity index (χ2v) is 18.1. The Morgan fingerprint density at radius 3 is 1.73 bits per heavy atom. The van der Waals surface area contributed by atoms with Gasteiger partial charge in [-0.2, -0.15) is 0 Å². The number of nitrogens with zero attached hydrogens (tertiary/aromatic N) is 3. The highest BCUT2D eigenvalue weighted by atomic mass is 32.2. The third-order valence-corrected chi connectivity index (χ3v) is 12.1. The van der Waals surface area contributed by atoms with Gasteiger partial charge in [-0.25, -0.2) is 9.13 Å². The minimum atomic E-state index is -4.69. The van der Waals surface area contributed by atoms with E-state index in [4.69, 9.17) is 32.3 Å². The van der Waals surface area contributed by atoms with Gasteiger partial charge in [-0.3, -0.25) is 37.3 Å². The lowest BCUT2D eigenvalue weighted by atomic mass is 9.97. The Labute approximate surface area is 368 Å². The molecule has 0 aromatic rings. The molecule has 1 aliphatic heterocycles. The maximum absolute atomic E-state index is 13.1. The summed E-state index contributed by atoms with van der Waals surface area (Å²) in [5.41, 5.74) is 0. The third-order valence-electron chi connectivity index (χ3n) is 9.31. The van der Waals surface area contributed by atoms with Crippen molar-refractivity contribution in [3.05, 3.63) is 0 Å². The molecule has 0 spiro atoms. The fraction of sp³-hybridized carbons (Fsp3) is 0.889. The Morgan fingerprint density at radius 2 is 1.26 bits per heavy atom. The minimum Gasteiger partial charge on any atom is -0.395 e. The Kier molecular flexibility index (Phi) is 30.0. The molecule has 1 rings (SSSR count). The van der Waals surface area contributed by atoms with Crippen LogP contribution in [-0.4, -0.2) is 203 Å². The number of aliphatic hydroxyl groups excluding tert-OH is 4. The molecule has 23 nitrogen and oxygen atoms in total. The first kappa shape index (κ1) is 58.2. The zero-order valence-corrected chi connectivity index (χ0v) is 39.1. The average molecular weight is 957 g/mol. The van der Waals surface area contributed by atoms with E-state index in [0.717, 1.165) is 0 Å². The zero-order chi connectivity index (χ0) is 46.7. The van der Waals surface area contributed by atoms with Gasteiger partial charge >= 0.3 is 15.6 Å². The predicted octanol–water partition coefficient (Wildman–Crippen LogP) is 0.0456. The summed E-state index contributed by atoms with van der Waals surface area (Å²) in [6.07, 6.45) is -3.63. The number of nitrogens with one attached hydrogen (secondary N) is 1. The summed E-state index contributed by atoms with van der Waals surface area (Å²) in [6, 6.07) is -1.12. The number of amides is 4. The van der Waals surface area contributed by atoms with Crippen LogP contribution in [0.3, 0.4) is 0 Å². The number of hydrogen-bond donors (Lipinski definition) is 7. The summed E-state index contributed by atoms with van der Waals surface area (Å²) in [4.78, 5) is 74.5. The molecule has 0 radical (unpaired) electrons. The highest BCUT2D eigenvalue weighted by Gasteiger charge is 2.45. The van der Waals surface area contributed by atoms with Crippen molar-refractivity contribution in [1.82, 2.24) is 20.0 Å². The quantitative estimate of drug-likeness (QED) is 0.0251. The van der Waals surface area contributed by atoms with Crippen LogP contribution in [0, 0.1) is 5.92 Å². The summed E-state index contributed by atoms with van der Waals surface area (Å²) >= 11 is 1.19. The Balaban J connectivity index is 2.69. The van der Waals surface area contributed by atoms with E-state index in [1.165, 1.54) is 33.4 Å². The van der Waals surface area contributed by atoms with Crippen LogP contribution in [0.15, 0.2) is 0 Å². The number of rotatable bonds is 35. The van der Waals surface area contributed by atoms with Gasteiger partial charge in [0.05, 0.1) is 52.2 Å². The molecule has 26 heteroatoms. The Hall–Kier alpha value is -1.83. The van der Waals surface area contributed by atoms with E-state index >= 15 is 0 Å². The van der Waals surface area contributed by atoms with E-state index < -0.39 is 78.6 Å². The molecule has 4 amide bonds. The van der Waals surface area contributed by atoms with Crippen molar-refractivity contribution in [2.75, 3.05) is 104 Å². The predicted molar refractivity (Wildman–Crippen MR) is 224 cm³/mol. The average Bonchev–Trinajstić information content (AvgIpc) is 3.21. The van der Waals surface area contributed by atoms with Crippen LogP contribution < -0.4 is 5.32 Å². The van der Waals surface area contributed by atoms with Crippen LogP contribution >= 0.6 is 27.4 Å². The van der Waals surface area contributed by atoms with E-state index in [9.17, 15) is 58.5 Å². The van der Waals surface area contributed by atoms with Gasteiger partial charge < -0.3 is 64.4 Å². The molecule has 1 saturated heterocycles. The van der Waals surface area contributed by atoms with Crippen LogP contribution in [0.5, 0.6) is 0 Å². The number of aliphatic hydroxyl groups is 4.